The molecule has 1 rings (SSSR count). The van der Waals surface area contributed by atoms with Gasteiger partial charge in [0.1, 0.15) is 12.2 Å². The van der Waals surface area contributed by atoms with Gasteiger partial charge in [0.25, 0.3) is 0 Å². The van der Waals surface area contributed by atoms with Crippen LogP contribution in [0.3, 0.4) is 0 Å². The molecule has 5 heteroatoms. The van der Waals surface area contributed by atoms with Crippen LogP contribution in [0.4, 0.5) is 0 Å². The van der Waals surface area contributed by atoms with Gasteiger partial charge in [0.15, 0.2) is 0 Å². The lowest BCUT2D eigenvalue weighted by Gasteiger charge is -1.90. The third-order valence-corrected chi connectivity index (χ3v) is 0.929. The van der Waals surface area contributed by atoms with E-state index in [0.29, 0.717) is 5.82 Å². The summed E-state index contributed by atoms with van der Waals surface area (Å²) >= 11 is 0. The van der Waals surface area contributed by atoms with Crippen LogP contribution < -0.4 is 0 Å². The molecule has 0 saturated heterocycles. The van der Waals surface area contributed by atoms with Gasteiger partial charge in [-0.25, -0.2) is 9.97 Å². The van der Waals surface area contributed by atoms with E-state index in [1.807, 2.05) is 0 Å². The summed E-state index contributed by atoms with van der Waals surface area (Å²) in [5.74, 6) is -0.568. The van der Waals surface area contributed by atoms with Crippen LogP contribution in [0, 0.1) is 0 Å². The molecule has 60 valence electrons. The van der Waals surface area contributed by atoms with E-state index in [1.165, 1.54) is 12.4 Å². The van der Waals surface area contributed by atoms with E-state index in [-0.39, 0.29) is 18.8 Å². The normalized spacial score (nSPS) is 8.36. The summed E-state index contributed by atoms with van der Waals surface area (Å²) in [6.45, 7) is 0. The SMILES string of the molecule is Cl.O=C(O)Cc1ncccn1. The first kappa shape index (κ1) is 9.84. The molecular weight excluding hydrogens is 168 g/mol. The Kier molecular flexibility index (Phi) is 4.14. The summed E-state index contributed by atoms with van der Waals surface area (Å²) in [5.41, 5.74) is 0. The molecule has 11 heavy (non-hydrogen) atoms. The molecular formula is C6H7ClN2O2. The van der Waals surface area contributed by atoms with E-state index in [4.69, 9.17) is 5.11 Å². The summed E-state index contributed by atoms with van der Waals surface area (Å²) in [7, 11) is 0. The van der Waals surface area contributed by atoms with E-state index in [2.05, 4.69) is 9.97 Å². The second kappa shape index (κ2) is 4.62. The Balaban J connectivity index is 0.000001000. The molecule has 0 amide bonds. The molecule has 4 nitrogen and oxygen atoms in total. The molecule has 1 N–H and O–H groups in total. The zero-order chi connectivity index (χ0) is 7.40. The maximum absolute atomic E-state index is 10.1. The summed E-state index contributed by atoms with van der Waals surface area (Å²) < 4.78 is 0. The number of carboxylic acid groups (broad SMARTS) is 1. The lowest BCUT2D eigenvalue weighted by molar-refractivity contribution is -0.136. The van der Waals surface area contributed by atoms with E-state index in [0.717, 1.165) is 0 Å². The molecule has 0 radical (unpaired) electrons. The van der Waals surface area contributed by atoms with E-state index in [9.17, 15) is 4.79 Å². The molecule has 0 aliphatic rings. The van der Waals surface area contributed by atoms with Crippen molar-refractivity contribution in [1.82, 2.24) is 9.97 Å². The Bertz CT molecular complexity index is 227. The van der Waals surface area contributed by atoms with E-state index >= 15 is 0 Å². The molecule has 0 aromatic carbocycles. The lowest BCUT2D eigenvalue weighted by atomic mass is 10.4. The average Bonchev–Trinajstić information content (AvgIpc) is 1.88. The summed E-state index contributed by atoms with van der Waals surface area (Å²) in [5, 5.41) is 8.29. The van der Waals surface area contributed by atoms with Gasteiger partial charge in [0.05, 0.1) is 0 Å². The minimum atomic E-state index is -0.911. The molecule has 0 saturated carbocycles. The smallest absolute Gasteiger partial charge is 0.311 e. The van der Waals surface area contributed by atoms with E-state index in [1.54, 1.807) is 6.07 Å². The minimum absolute atomic E-state index is 0. The van der Waals surface area contributed by atoms with Gasteiger partial charge in [-0.2, -0.15) is 0 Å². The first-order chi connectivity index (χ1) is 4.79. The number of halogens is 1. The molecule has 0 unspecified atom stereocenters. The fourth-order valence-electron chi connectivity index (χ4n) is 0.557. The second-order valence-electron chi connectivity index (χ2n) is 1.74. The molecule has 0 bridgehead atoms. The Hall–Kier alpha value is -1.16. The van der Waals surface area contributed by atoms with Crippen molar-refractivity contribution in [2.45, 2.75) is 6.42 Å². The molecule has 1 aromatic rings. The van der Waals surface area contributed by atoms with Crippen LogP contribution in [0.5, 0.6) is 0 Å². The van der Waals surface area contributed by atoms with Crippen LogP contribution in [-0.2, 0) is 11.2 Å². The van der Waals surface area contributed by atoms with Crippen LogP contribution >= 0.6 is 12.4 Å². The van der Waals surface area contributed by atoms with Crippen LogP contribution in [-0.4, -0.2) is 21.0 Å². The lowest BCUT2D eigenvalue weighted by Crippen LogP contribution is -2.03. The van der Waals surface area contributed by atoms with Gasteiger partial charge in [-0.1, -0.05) is 0 Å². The highest BCUT2D eigenvalue weighted by molar-refractivity contribution is 5.85. The predicted octanol–water partition coefficient (Wildman–Crippen LogP) is 0.525. The fraction of sp³-hybridized carbons (Fsp3) is 0.167. The number of aliphatic carboxylic acids is 1. The van der Waals surface area contributed by atoms with Crippen LogP contribution in [0.25, 0.3) is 0 Å². The van der Waals surface area contributed by atoms with Gasteiger partial charge < -0.3 is 5.11 Å². The third-order valence-electron chi connectivity index (χ3n) is 0.929. The number of carboxylic acids is 1. The molecule has 0 atom stereocenters. The number of nitrogens with zero attached hydrogens (tertiary/aromatic N) is 2. The molecule has 1 heterocycles. The Morgan fingerprint density at radius 1 is 1.45 bits per heavy atom. The van der Waals surface area contributed by atoms with Crippen LogP contribution in [0.15, 0.2) is 18.5 Å². The zero-order valence-electron chi connectivity index (χ0n) is 5.60. The van der Waals surface area contributed by atoms with Crippen molar-refractivity contribution >= 4 is 18.4 Å². The Morgan fingerprint density at radius 3 is 2.45 bits per heavy atom. The van der Waals surface area contributed by atoms with Gasteiger partial charge in [-0.05, 0) is 6.07 Å². The molecule has 0 spiro atoms. The Labute approximate surface area is 69.7 Å². The van der Waals surface area contributed by atoms with Crippen molar-refractivity contribution in [3.8, 4) is 0 Å². The summed E-state index contributed by atoms with van der Waals surface area (Å²) in [4.78, 5) is 17.5. The highest BCUT2D eigenvalue weighted by atomic mass is 35.5. The average molecular weight is 175 g/mol. The van der Waals surface area contributed by atoms with Gasteiger partial charge in [0.2, 0.25) is 0 Å². The quantitative estimate of drug-likeness (QED) is 0.710. The maximum Gasteiger partial charge on any atom is 0.311 e. The van der Waals surface area contributed by atoms with Crippen LogP contribution in [0.2, 0.25) is 0 Å². The highest BCUT2D eigenvalue weighted by Gasteiger charge is 1.99. The number of hydrogen-bond donors (Lipinski definition) is 1. The van der Waals surface area contributed by atoms with Crippen LogP contribution in [0.1, 0.15) is 5.82 Å². The van der Waals surface area contributed by atoms with Crippen molar-refractivity contribution in [1.29, 1.82) is 0 Å². The van der Waals surface area contributed by atoms with Gasteiger partial charge in [0, 0.05) is 12.4 Å². The summed E-state index contributed by atoms with van der Waals surface area (Å²) in [6, 6.07) is 1.64. The number of carbonyl (C=O) groups is 1. The monoisotopic (exact) mass is 174 g/mol. The third kappa shape index (κ3) is 3.52. The minimum Gasteiger partial charge on any atom is -0.481 e. The number of rotatable bonds is 2. The topological polar surface area (TPSA) is 63.1 Å². The Morgan fingerprint density at radius 2 is 2.00 bits per heavy atom. The van der Waals surface area contributed by atoms with Gasteiger partial charge in [-0.15, -0.1) is 12.4 Å². The molecule has 1 aromatic heterocycles. The molecule has 0 aliphatic heterocycles. The standard InChI is InChI=1S/C6H6N2O2.ClH/c9-6(10)4-5-7-2-1-3-8-5;/h1-3H,4H2,(H,9,10);1H. The van der Waals surface area contributed by atoms with Gasteiger partial charge in [-0.3, -0.25) is 4.79 Å². The maximum atomic E-state index is 10.1. The van der Waals surface area contributed by atoms with Gasteiger partial charge >= 0.3 is 5.97 Å². The highest BCUT2D eigenvalue weighted by Crippen LogP contribution is 1.87. The fourth-order valence-corrected chi connectivity index (χ4v) is 0.557. The molecule has 0 aliphatic carbocycles. The number of hydrogen-bond acceptors (Lipinski definition) is 3. The van der Waals surface area contributed by atoms with Crippen molar-refractivity contribution in [3.05, 3.63) is 24.3 Å². The van der Waals surface area contributed by atoms with E-state index < -0.39 is 5.97 Å². The first-order valence-electron chi connectivity index (χ1n) is 2.77. The number of aromatic nitrogens is 2. The first-order valence-corrected chi connectivity index (χ1v) is 2.77. The second-order valence-corrected chi connectivity index (χ2v) is 1.74. The van der Waals surface area contributed by atoms with Crippen molar-refractivity contribution in [2.75, 3.05) is 0 Å². The largest absolute Gasteiger partial charge is 0.481 e. The molecule has 0 fully saturated rings. The summed E-state index contributed by atoms with van der Waals surface area (Å²) in [6.07, 6.45) is 2.93. The predicted molar refractivity (Wildman–Crippen MR) is 40.6 cm³/mol. The van der Waals surface area contributed by atoms with Crippen molar-refractivity contribution < 1.29 is 9.90 Å². The zero-order valence-corrected chi connectivity index (χ0v) is 6.41. The van der Waals surface area contributed by atoms with Crippen molar-refractivity contribution in [3.63, 3.8) is 0 Å². The van der Waals surface area contributed by atoms with Crippen molar-refractivity contribution in [2.24, 2.45) is 0 Å².